The van der Waals surface area contributed by atoms with Gasteiger partial charge in [-0.1, -0.05) is 30.3 Å². The van der Waals surface area contributed by atoms with Gasteiger partial charge in [0.2, 0.25) is 0 Å². The predicted molar refractivity (Wildman–Crippen MR) is 104 cm³/mol. The van der Waals surface area contributed by atoms with Crippen molar-refractivity contribution >= 4 is 16.2 Å². The van der Waals surface area contributed by atoms with Crippen LogP contribution in [-0.4, -0.2) is 68.5 Å². The fourth-order valence-corrected chi connectivity index (χ4v) is 3.52. The fraction of sp³-hybridized carbons (Fsp3) is 0.632. The number of benzene rings is 1. The van der Waals surface area contributed by atoms with E-state index in [0.29, 0.717) is 13.0 Å². The van der Waals surface area contributed by atoms with Crippen LogP contribution in [0.25, 0.3) is 0 Å². The number of likely N-dealkylation sites (N-methyl/N-ethyl adjacent to an activating group) is 1. The van der Waals surface area contributed by atoms with Gasteiger partial charge in [-0.2, -0.15) is 8.42 Å². The van der Waals surface area contributed by atoms with Gasteiger partial charge in [0.15, 0.2) is 0 Å². The summed E-state index contributed by atoms with van der Waals surface area (Å²) in [7, 11) is -1.57. The van der Waals surface area contributed by atoms with Crippen molar-refractivity contribution in [2.45, 2.75) is 51.4 Å². The van der Waals surface area contributed by atoms with E-state index in [1.165, 1.54) is 5.56 Å². The smallest absolute Gasteiger partial charge is 0.410 e. The van der Waals surface area contributed by atoms with Crippen molar-refractivity contribution in [1.82, 2.24) is 9.80 Å². The third-order valence-corrected chi connectivity index (χ3v) is 4.96. The maximum Gasteiger partial charge on any atom is 0.410 e. The van der Waals surface area contributed by atoms with Gasteiger partial charge in [0.05, 0.1) is 18.9 Å². The molecule has 1 amide bonds. The molecule has 0 radical (unpaired) electrons. The number of amides is 1. The maximum absolute atomic E-state index is 12.6. The lowest BCUT2D eigenvalue weighted by atomic mass is 10.1. The quantitative estimate of drug-likeness (QED) is 0.685. The Morgan fingerprint density at radius 1 is 1.26 bits per heavy atom. The van der Waals surface area contributed by atoms with Gasteiger partial charge in [-0.15, -0.1) is 0 Å². The standard InChI is InChI=1S/C19H30N2O5S/c1-19(2,3)26-18(22)21-13-16(11-17(21)14-25-27(5,23)24)20(4)12-15-9-7-6-8-10-15/h6-10,16-17H,11-14H2,1-5H3/t16-,17+/m1/s1. The molecule has 8 heteroatoms. The molecule has 0 aliphatic carbocycles. The van der Waals surface area contributed by atoms with Crippen molar-refractivity contribution in [1.29, 1.82) is 0 Å². The molecule has 2 atom stereocenters. The summed E-state index contributed by atoms with van der Waals surface area (Å²) in [6.07, 6.45) is 1.19. The molecule has 1 saturated heterocycles. The Hall–Kier alpha value is -1.64. The second kappa shape index (κ2) is 8.58. The largest absolute Gasteiger partial charge is 0.444 e. The Balaban J connectivity index is 2.08. The molecule has 0 unspecified atom stereocenters. The van der Waals surface area contributed by atoms with Crippen molar-refractivity contribution in [2.75, 3.05) is 26.5 Å². The van der Waals surface area contributed by atoms with Gasteiger partial charge in [-0.3, -0.25) is 9.08 Å². The second-order valence-electron chi connectivity index (χ2n) is 8.07. The summed E-state index contributed by atoms with van der Waals surface area (Å²) in [5, 5.41) is 0. The van der Waals surface area contributed by atoms with Gasteiger partial charge in [0, 0.05) is 19.1 Å². The van der Waals surface area contributed by atoms with Crippen LogP contribution in [0.5, 0.6) is 0 Å². The number of likely N-dealkylation sites (tertiary alicyclic amines) is 1. The van der Waals surface area contributed by atoms with Crippen LogP contribution in [0.1, 0.15) is 32.8 Å². The molecule has 152 valence electrons. The first kappa shape index (κ1) is 21.7. The fourth-order valence-electron chi connectivity index (χ4n) is 3.12. The zero-order valence-electron chi connectivity index (χ0n) is 16.7. The highest BCUT2D eigenvalue weighted by Crippen LogP contribution is 2.25. The molecule has 1 fully saturated rings. The zero-order chi connectivity index (χ0) is 20.2. The lowest BCUT2D eigenvalue weighted by Gasteiger charge is -2.28. The first-order valence-electron chi connectivity index (χ1n) is 9.03. The van der Waals surface area contributed by atoms with Crippen molar-refractivity contribution < 1.29 is 22.1 Å². The van der Waals surface area contributed by atoms with Gasteiger partial charge in [0.25, 0.3) is 10.1 Å². The summed E-state index contributed by atoms with van der Waals surface area (Å²) in [5.41, 5.74) is 0.563. The molecule has 1 aliphatic heterocycles. The molecule has 7 nitrogen and oxygen atoms in total. The highest BCUT2D eigenvalue weighted by Gasteiger charge is 2.39. The second-order valence-corrected chi connectivity index (χ2v) is 9.71. The van der Waals surface area contributed by atoms with Crippen LogP contribution in [0.3, 0.4) is 0 Å². The Labute approximate surface area is 162 Å². The monoisotopic (exact) mass is 398 g/mol. The van der Waals surface area contributed by atoms with Crippen molar-refractivity contribution in [3.8, 4) is 0 Å². The summed E-state index contributed by atoms with van der Waals surface area (Å²) in [4.78, 5) is 16.4. The number of hydrogen-bond donors (Lipinski definition) is 0. The molecular formula is C19H30N2O5S. The molecule has 0 N–H and O–H groups in total. The molecule has 1 heterocycles. The molecule has 0 bridgehead atoms. The summed E-state index contributed by atoms with van der Waals surface area (Å²) in [5.74, 6) is 0. The summed E-state index contributed by atoms with van der Waals surface area (Å²) in [6, 6.07) is 9.81. The lowest BCUT2D eigenvalue weighted by Crippen LogP contribution is -2.42. The third-order valence-electron chi connectivity index (χ3n) is 4.39. The van der Waals surface area contributed by atoms with E-state index >= 15 is 0 Å². The Morgan fingerprint density at radius 3 is 2.44 bits per heavy atom. The van der Waals surface area contributed by atoms with Gasteiger partial charge in [-0.05, 0) is 39.8 Å². The van der Waals surface area contributed by atoms with Gasteiger partial charge in [0.1, 0.15) is 5.60 Å². The molecule has 27 heavy (non-hydrogen) atoms. The van der Waals surface area contributed by atoms with Crippen molar-refractivity contribution in [3.63, 3.8) is 0 Å². The first-order chi connectivity index (χ1) is 12.4. The first-order valence-corrected chi connectivity index (χ1v) is 10.8. The van der Waals surface area contributed by atoms with Crippen LogP contribution < -0.4 is 0 Å². The third kappa shape index (κ3) is 7.12. The molecule has 0 saturated carbocycles. The van der Waals surface area contributed by atoms with Gasteiger partial charge in [-0.25, -0.2) is 4.79 Å². The minimum atomic E-state index is -3.57. The Bertz CT molecular complexity index is 730. The highest BCUT2D eigenvalue weighted by atomic mass is 32.2. The Morgan fingerprint density at radius 2 is 1.89 bits per heavy atom. The SMILES string of the molecule is CN(Cc1ccccc1)[C@@H]1C[C@@H](COS(C)(=O)=O)N(C(=O)OC(C)(C)C)C1. The summed E-state index contributed by atoms with van der Waals surface area (Å²) < 4.78 is 33.2. The predicted octanol–water partition coefficient (Wildman–Crippen LogP) is 2.47. The number of carbonyl (C=O) groups is 1. The van der Waals surface area contributed by atoms with Crippen molar-refractivity contribution in [2.24, 2.45) is 0 Å². The number of rotatable bonds is 6. The van der Waals surface area contributed by atoms with Gasteiger partial charge >= 0.3 is 6.09 Å². The van der Waals surface area contributed by atoms with E-state index in [2.05, 4.69) is 17.0 Å². The van der Waals surface area contributed by atoms with E-state index < -0.39 is 21.8 Å². The normalized spacial score (nSPS) is 20.9. The number of nitrogens with zero attached hydrogens (tertiary/aromatic N) is 2. The minimum absolute atomic E-state index is 0.0618. The molecular weight excluding hydrogens is 368 g/mol. The summed E-state index contributed by atoms with van der Waals surface area (Å²) in [6.45, 7) is 6.57. The lowest BCUT2D eigenvalue weighted by molar-refractivity contribution is 0.0182. The van der Waals surface area contributed by atoms with E-state index in [4.69, 9.17) is 8.92 Å². The molecule has 2 rings (SSSR count). The van der Waals surface area contributed by atoms with Crippen LogP contribution in [0, 0.1) is 0 Å². The van der Waals surface area contributed by atoms with Crippen LogP contribution in [-0.2, 0) is 25.6 Å². The van der Waals surface area contributed by atoms with E-state index in [9.17, 15) is 13.2 Å². The molecule has 1 aromatic carbocycles. The number of hydrogen-bond acceptors (Lipinski definition) is 6. The average Bonchev–Trinajstić information content (AvgIpc) is 2.96. The topological polar surface area (TPSA) is 76.2 Å². The Kier molecular flexibility index (Phi) is 6.88. The number of ether oxygens (including phenoxy) is 1. The molecule has 0 aromatic heterocycles. The van der Waals surface area contributed by atoms with Crippen LogP contribution >= 0.6 is 0 Å². The van der Waals surface area contributed by atoms with Crippen molar-refractivity contribution in [3.05, 3.63) is 35.9 Å². The van der Waals surface area contributed by atoms with E-state index in [0.717, 1.165) is 12.8 Å². The molecule has 1 aliphatic rings. The van der Waals surface area contributed by atoms with E-state index in [1.54, 1.807) is 4.90 Å². The molecule has 1 aromatic rings. The highest BCUT2D eigenvalue weighted by molar-refractivity contribution is 7.85. The maximum atomic E-state index is 12.6. The van der Waals surface area contributed by atoms with Gasteiger partial charge < -0.3 is 9.64 Å². The zero-order valence-corrected chi connectivity index (χ0v) is 17.5. The van der Waals surface area contributed by atoms with Crippen LogP contribution in [0.2, 0.25) is 0 Å². The average molecular weight is 399 g/mol. The number of carbonyl (C=O) groups excluding carboxylic acids is 1. The van der Waals surface area contributed by atoms with Crippen LogP contribution in [0.4, 0.5) is 4.79 Å². The van der Waals surface area contributed by atoms with E-state index in [1.807, 2.05) is 46.0 Å². The van der Waals surface area contributed by atoms with Crippen LogP contribution in [0.15, 0.2) is 30.3 Å². The van der Waals surface area contributed by atoms with E-state index in [-0.39, 0.29) is 18.7 Å². The minimum Gasteiger partial charge on any atom is -0.444 e. The molecule has 0 spiro atoms. The summed E-state index contributed by atoms with van der Waals surface area (Å²) >= 11 is 0.